The number of hydrogen-bond acceptors (Lipinski definition) is 8. The molecule has 46 heavy (non-hydrogen) atoms. The maximum absolute atomic E-state index is 14.8. The van der Waals surface area contributed by atoms with E-state index in [9.17, 15) is 19.4 Å². The predicted molar refractivity (Wildman–Crippen MR) is 184 cm³/mol. The zero-order valence-electron chi connectivity index (χ0n) is 27.0. The Morgan fingerprint density at radius 2 is 1.89 bits per heavy atom. The van der Waals surface area contributed by atoms with Gasteiger partial charge in [-0.1, -0.05) is 43.9 Å². The van der Waals surface area contributed by atoms with E-state index >= 15 is 0 Å². The van der Waals surface area contributed by atoms with Gasteiger partial charge in [-0.25, -0.2) is 9.38 Å². The number of hydrogen-bond donors (Lipinski definition) is 3. The average molecular weight is 629 g/mol. The maximum Gasteiger partial charge on any atom is 0.274 e. The Kier molecular flexibility index (Phi) is 10.5. The van der Waals surface area contributed by atoms with Crippen molar-refractivity contribution in [2.45, 2.75) is 39.5 Å². The molecule has 10 heteroatoms. The first-order valence-electron chi connectivity index (χ1n) is 15.9. The van der Waals surface area contributed by atoms with Crippen molar-refractivity contribution in [3.63, 3.8) is 0 Å². The van der Waals surface area contributed by atoms with Crippen molar-refractivity contribution in [2.24, 2.45) is 18.0 Å². The van der Waals surface area contributed by atoms with Gasteiger partial charge in [0.2, 0.25) is 0 Å². The molecule has 1 atom stereocenters. The number of nitrogens with one attached hydrogen (secondary N) is 1. The van der Waals surface area contributed by atoms with Crippen molar-refractivity contribution in [3.8, 4) is 11.1 Å². The van der Waals surface area contributed by atoms with Crippen LogP contribution < -0.4 is 15.8 Å². The third-order valence-corrected chi connectivity index (χ3v) is 9.00. The Hall–Kier alpha value is -4.09. The summed E-state index contributed by atoms with van der Waals surface area (Å²) >= 11 is 0. The molecule has 5 rings (SSSR count). The standard InChI is InChI=1S/C36H45FN6O3/c1-6-41-16-18-42(19-17-41)15-13-38-26(4)39-32-21-29(22-40(5)35(32)45)30-8-7-9-33(31(30)23-44)43-14-12-28(20-24(2)27-10-11-27)34(25(3)37)36(43)46/h7-9,12-14,20-22,27,36,39,44,46H,3-4,6,10-11,15-19,23H2,1-2,5H3/b24-20+,38-13-. The highest BCUT2D eigenvalue weighted by Crippen LogP contribution is 2.40. The van der Waals surface area contributed by atoms with E-state index < -0.39 is 12.1 Å². The fraction of sp³-hybridized carbons (Fsp3) is 0.389. The Bertz CT molecular complexity index is 1660. The van der Waals surface area contributed by atoms with Crippen molar-refractivity contribution in [1.29, 1.82) is 0 Å². The van der Waals surface area contributed by atoms with Crippen LogP contribution in [0.2, 0.25) is 0 Å². The number of anilines is 2. The summed E-state index contributed by atoms with van der Waals surface area (Å²) < 4.78 is 16.2. The summed E-state index contributed by atoms with van der Waals surface area (Å²) in [6.45, 7) is 17.1. The van der Waals surface area contributed by atoms with Gasteiger partial charge in [0, 0.05) is 80.8 Å². The molecule has 2 fully saturated rings. The van der Waals surface area contributed by atoms with Gasteiger partial charge >= 0.3 is 0 Å². The zero-order valence-corrected chi connectivity index (χ0v) is 27.0. The van der Waals surface area contributed by atoms with E-state index in [1.165, 1.54) is 9.47 Å². The molecule has 0 spiro atoms. The predicted octanol–water partition coefficient (Wildman–Crippen LogP) is 4.92. The molecular weight excluding hydrogens is 583 g/mol. The smallest absolute Gasteiger partial charge is 0.274 e. The first kappa shape index (κ1) is 33.3. The monoisotopic (exact) mass is 628 g/mol. The number of aliphatic imine (C=N–C) groups is 1. The van der Waals surface area contributed by atoms with Crippen LogP contribution in [0.25, 0.3) is 11.1 Å². The first-order chi connectivity index (χ1) is 22.1. The van der Waals surface area contributed by atoms with E-state index in [-0.39, 0.29) is 23.4 Å². The average Bonchev–Trinajstić information content (AvgIpc) is 3.89. The third kappa shape index (κ3) is 7.47. The summed E-state index contributed by atoms with van der Waals surface area (Å²) in [6.07, 6.45) is 9.76. The second kappa shape index (κ2) is 14.6. The molecule has 0 amide bonds. The van der Waals surface area contributed by atoms with Gasteiger partial charge in [0.05, 0.1) is 6.61 Å². The second-order valence-corrected chi connectivity index (χ2v) is 12.2. The van der Waals surface area contributed by atoms with Crippen LogP contribution in [0.5, 0.6) is 0 Å². The fourth-order valence-corrected chi connectivity index (χ4v) is 6.10. The number of aryl methyl sites for hydroxylation is 1. The second-order valence-electron chi connectivity index (χ2n) is 12.2. The number of piperazine rings is 1. The van der Waals surface area contributed by atoms with Crippen LogP contribution in [0.3, 0.4) is 0 Å². The first-order valence-corrected chi connectivity index (χ1v) is 15.9. The third-order valence-electron chi connectivity index (χ3n) is 9.00. The summed E-state index contributed by atoms with van der Waals surface area (Å²) in [6, 6.07) is 7.10. The molecule has 1 aromatic carbocycles. The number of aliphatic hydroxyl groups excluding tert-OH is 2. The van der Waals surface area contributed by atoms with Crippen LogP contribution in [-0.2, 0) is 13.7 Å². The molecule has 0 radical (unpaired) electrons. The van der Waals surface area contributed by atoms with Gasteiger partial charge in [0.1, 0.15) is 17.3 Å². The molecule has 3 heterocycles. The van der Waals surface area contributed by atoms with Crippen LogP contribution in [-0.4, -0.2) is 76.3 Å². The van der Waals surface area contributed by atoms with E-state index in [0.717, 1.165) is 51.1 Å². The molecule has 3 aliphatic rings. The molecule has 1 unspecified atom stereocenters. The van der Waals surface area contributed by atoms with Crippen LogP contribution in [0.15, 0.2) is 100 Å². The Balaban J connectivity index is 1.38. The van der Waals surface area contributed by atoms with Crippen molar-refractivity contribution in [3.05, 3.63) is 106 Å². The summed E-state index contributed by atoms with van der Waals surface area (Å²) in [5, 5.41) is 25.0. The summed E-state index contributed by atoms with van der Waals surface area (Å²) in [5.74, 6) is 0.126. The van der Waals surface area contributed by atoms with Gasteiger partial charge in [-0.05, 0) is 61.6 Å². The van der Waals surface area contributed by atoms with Crippen molar-refractivity contribution >= 4 is 17.6 Å². The number of allylic oxidation sites excluding steroid dienone is 4. The van der Waals surface area contributed by atoms with Gasteiger partial charge in [0.15, 0.2) is 6.23 Å². The molecule has 1 aliphatic carbocycles. The molecule has 2 aromatic rings. The quantitative estimate of drug-likeness (QED) is 0.287. The molecule has 3 N–H and O–H groups in total. The topological polar surface area (TPSA) is 96.6 Å². The summed E-state index contributed by atoms with van der Waals surface area (Å²) in [4.78, 5) is 23.8. The highest BCUT2D eigenvalue weighted by molar-refractivity contribution is 5.77. The van der Waals surface area contributed by atoms with Gasteiger partial charge < -0.3 is 29.9 Å². The maximum atomic E-state index is 14.8. The number of likely N-dealkylation sites (N-methyl/N-ethyl adjacent to an activating group) is 1. The number of aliphatic hydroxyl groups is 2. The zero-order chi connectivity index (χ0) is 33.0. The number of aromatic nitrogens is 1. The number of benzene rings is 1. The molecule has 1 aromatic heterocycles. The van der Waals surface area contributed by atoms with Crippen LogP contribution in [0, 0.1) is 5.92 Å². The molecule has 1 saturated heterocycles. The van der Waals surface area contributed by atoms with E-state index in [1.54, 1.807) is 49.9 Å². The van der Waals surface area contributed by atoms with Gasteiger partial charge in [0.25, 0.3) is 5.56 Å². The Labute approximate surface area is 270 Å². The number of rotatable bonds is 12. The molecular formula is C36H45FN6O3. The van der Waals surface area contributed by atoms with E-state index in [0.29, 0.717) is 46.2 Å². The molecule has 2 aliphatic heterocycles. The van der Waals surface area contributed by atoms with Gasteiger partial charge in [-0.2, -0.15) is 0 Å². The van der Waals surface area contributed by atoms with E-state index in [1.807, 2.05) is 19.1 Å². The van der Waals surface area contributed by atoms with E-state index in [4.69, 9.17) is 0 Å². The molecule has 9 nitrogen and oxygen atoms in total. The SMILES string of the molecule is C=C(/N=C\CN1CCN(CC)CC1)Nc1cc(-c2cccc(N3C=CC(/C=C(\C)C4CC4)=C(C(=C)F)C3O)c2CO)cn(C)c1=O. The number of halogens is 1. The minimum atomic E-state index is -1.35. The lowest BCUT2D eigenvalue weighted by atomic mass is 9.95. The Morgan fingerprint density at radius 3 is 2.54 bits per heavy atom. The normalized spacial score (nSPS) is 19.7. The number of pyridine rings is 1. The lowest BCUT2D eigenvalue weighted by Crippen LogP contribution is -2.46. The molecule has 244 valence electrons. The molecule has 0 bridgehead atoms. The lowest BCUT2D eigenvalue weighted by Gasteiger charge is -2.33. The van der Waals surface area contributed by atoms with Gasteiger partial charge in [-0.15, -0.1) is 0 Å². The van der Waals surface area contributed by atoms with Crippen molar-refractivity contribution < 1.29 is 14.6 Å². The summed E-state index contributed by atoms with van der Waals surface area (Å²) in [5.41, 5.74) is 4.16. The highest BCUT2D eigenvalue weighted by Gasteiger charge is 2.30. The van der Waals surface area contributed by atoms with Crippen LogP contribution >= 0.6 is 0 Å². The van der Waals surface area contributed by atoms with Gasteiger partial charge in [-0.3, -0.25) is 9.69 Å². The van der Waals surface area contributed by atoms with Crippen molar-refractivity contribution in [2.75, 3.05) is 49.5 Å². The lowest BCUT2D eigenvalue weighted by molar-refractivity contribution is 0.152. The minimum absolute atomic E-state index is 0.0904. The largest absolute Gasteiger partial charge is 0.392 e. The van der Waals surface area contributed by atoms with Crippen LogP contribution in [0.4, 0.5) is 15.8 Å². The van der Waals surface area contributed by atoms with E-state index in [2.05, 4.69) is 40.2 Å². The Morgan fingerprint density at radius 1 is 1.17 bits per heavy atom. The number of nitrogens with zero attached hydrogens (tertiary/aromatic N) is 5. The molecule has 1 saturated carbocycles. The minimum Gasteiger partial charge on any atom is -0.392 e. The highest BCUT2D eigenvalue weighted by atomic mass is 19.1. The fourth-order valence-electron chi connectivity index (χ4n) is 6.10. The van der Waals surface area contributed by atoms with Crippen molar-refractivity contribution in [1.82, 2.24) is 14.4 Å². The summed E-state index contributed by atoms with van der Waals surface area (Å²) in [7, 11) is 1.65. The van der Waals surface area contributed by atoms with Crippen LogP contribution in [0.1, 0.15) is 32.3 Å².